The second kappa shape index (κ2) is 14.6. The molecule has 0 saturated heterocycles. The van der Waals surface area contributed by atoms with E-state index in [-0.39, 0.29) is 0 Å². The first kappa shape index (κ1) is 32.1. The fraction of sp³-hybridized carbons (Fsp3) is 0.459. The molecule has 0 N–H and O–H groups in total. The molecular formula is C37H41F5O2. The van der Waals surface area contributed by atoms with Crippen molar-refractivity contribution >= 4 is 5.57 Å². The number of hydrogen-bond donors (Lipinski definition) is 0. The SMILES string of the molecule is CCCCCC1CCC(C2CC=C(c3ccc(-c4ccc(C(F)(F)Oc5ccc(OCF)c(F)c5)c(F)c4)cc3)CC2)CC1. The third-order valence-corrected chi connectivity index (χ3v) is 9.46. The Morgan fingerprint density at radius 1 is 0.773 bits per heavy atom. The van der Waals surface area contributed by atoms with Crippen LogP contribution in [0.15, 0.2) is 66.7 Å². The number of alkyl halides is 3. The van der Waals surface area contributed by atoms with Gasteiger partial charge in [-0.2, -0.15) is 8.78 Å². The molecule has 3 aromatic carbocycles. The van der Waals surface area contributed by atoms with Crippen molar-refractivity contribution in [3.63, 3.8) is 0 Å². The molecule has 0 radical (unpaired) electrons. The number of hydrogen-bond acceptors (Lipinski definition) is 2. The highest BCUT2D eigenvalue weighted by molar-refractivity contribution is 5.71. The third kappa shape index (κ3) is 7.83. The van der Waals surface area contributed by atoms with Crippen molar-refractivity contribution in [3.05, 3.63) is 89.5 Å². The zero-order valence-corrected chi connectivity index (χ0v) is 25.3. The second-order valence-corrected chi connectivity index (χ2v) is 12.3. The molecule has 7 heteroatoms. The highest BCUT2D eigenvalue weighted by atomic mass is 19.3. The van der Waals surface area contributed by atoms with Crippen LogP contribution in [0.5, 0.6) is 11.5 Å². The standard InChI is InChI=1S/C37H41F5O2/c1-2-3-4-5-25-6-8-26(9-7-25)27-10-12-28(13-11-27)29-14-16-30(17-15-29)31-18-20-33(34(39)22-31)37(41,42)44-32-19-21-36(43-24-38)35(40)23-32/h12,14-23,25-27H,2-11,13,24H2,1H3. The molecule has 2 aliphatic carbocycles. The van der Waals surface area contributed by atoms with Crippen molar-refractivity contribution in [1.82, 2.24) is 0 Å². The van der Waals surface area contributed by atoms with Gasteiger partial charge in [0.1, 0.15) is 11.6 Å². The molecule has 0 aromatic heterocycles. The van der Waals surface area contributed by atoms with Crippen LogP contribution in [0.25, 0.3) is 16.7 Å². The van der Waals surface area contributed by atoms with Crippen molar-refractivity contribution in [2.75, 3.05) is 6.86 Å². The summed E-state index contributed by atoms with van der Waals surface area (Å²) in [7, 11) is 0. The Bertz CT molecular complexity index is 1410. The molecule has 1 atom stereocenters. The zero-order chi connectivity index (χ0) is 31.1. The molecular weight excluding hydrogens is 571 g/mol. The predicted molar refractivity (Wildman–Crippen MR) is 164 cm³/mol. The van der Waals surface area contributed by atoms with Crippen LogP contribution < -0.4 is 9.47 Å². The quantitative estimate of drug-likeness (QED) is 0.150. The van der Waals surface area contributed by atoms with E-state index < -0.39 is 41.7 Å². The average Bonchev–Trinajstić information content (AvgIpc) is 3.03. The van der Waals surface area contributed by atoms with Gasteiger partial charge in [-0.05, 0) is 96.4 Å². The van der Waals surface area contributed by atoms with Crippen molar-refractivity contribution < 1.29 is 31.4 Å². The van der Waals surface area contributed by atoms with E-state index in [0.29, 0.717) is 17.2 Å². The van der Waals surface area contributed by atoms with E-state index in [1.54, 1.807) is 0 Å². The summed E-state index contributed by atoms with van der Waals surface area (Å²) in [4.78, 5) is 0. The minimum atomic E-state index is -4.07. The van der Waals surface area contributed by atoms with Gasteiger partial charge in [-0.15, -0.1) is 0 Å². The summed E-state index contributed by atoms with van der Waals surface area (Å²) < 4.78 is 79.8. The summed E-state index contributed by atoms with van der Waals surface area (Å²) in [6.07, 6.45) is 12.7. The van der Waals surface area contributed by atoms with Gasteiger partial charge in [0.2, 0.25) is 6.86 Å². The highest BCUT2D eigenvalue weighted by Crippen LogP contribution is 2.42. The van der Waals surface area contributed by atoms with Crippen LogP contribution in [0.4, 0.5) is 22.0 Å². The molecule has 3 aromatic rings. The molecule has 2 aliphatic rings. The van der Waals surface area contributed by atoms with Crippen molar-refractivity contribution in [2.24, 2.45) is 17.8 Å². The molecule has 0 aliphatic heterocycles. The van der Waals surface area contributed by atoms with Gasteiger partial charge in [0, 0.05) is 6.07 Å². The third-order valence-electron chi connectivity index (χ3n) is 9.46. The molecule has 1 fully saturated rings. The number of halogens is 5. The lowest BCUT2D eigenvalue weighted by atomic mass is 9.70. The second-order valence-electron chi connectivity index (χ2n) is 12.3. The van der Waals surface area contributed by atoms with Gasteiger partial charge in [0.15, 0.2) is 11.6 Å². The Hall–Kier alpha value is -3.35. The van der Waals surface area contributed by atoms with E-state index in [0.717, 1.165) is 60.4 Å². The number of unbranched alkanes of at least 4 members (excludes halogenated alkanes) is 2. The van der Waals surface area contributed by atoms with Crippen LogP contribution >= 0.6 is 0 Å². The van der Waals surface area contributed by atoms with Crippen LogP contribution in [0, 0.1) is 29.4 Å². The summed E-state index contributed by atoms with van der Waals surface area (Å²) in [6, 6.07) is 13.8. The average molecular weight is 613 g/mol. The topological polar surface area (TPSA) is 18.5 Å². The first-order valence-corrected chi connectivity index (χ1v) is 15.9. The van der Waals surface area contributed by atoms with Gasteiger partial charge in [-0.1, -0.05) is 81.9 Å². The van der Waals surface area contributed by atoms with E-state index in [2.05, 4.69) is 22.5 Å². The smallest absolute Gasteiger partial charge is 0.429 e. The van der Waals surface area contributed by atoms with Crippen LogP contribution in [0.2, 0.25) is 0 Å². The van der Waals surface area contributed by atoms with Crippen LogP contribution in [0.1, 0.15) is 88.7 Å². The summed E-state index contributed by atoms with van der Waals surface area (Å²) in [5, 5.41) is 0. The van der Waals surface area contributed by atoms with E-state index in [4.69, 9.17) is 0 Å². The molecule has 0 spiro atoms. The van der Waals surface area contributed by atoms with E-state index in [1.165, 1.54) is 69.4 Å². The van der Waals surface area contributed by atoms with E-state index in [1.807, 2.05) is 24.3 Å². The number of allylic oxidation sites excluding steroid dienone is 2. The summed E-state index contributed by atoms with van der Waals surface area (Å²) >= 11 is 0. The number of rotatable bonds is 12. The van der Waals surface area contributed by atoms with Gasteiger partial charge in [0.25, 0.3) is 0 Å². The molecule has 236 valence electrons. The fourth-order valence-electron chi connectivity index (χ4n) is 6.91. The Morgan fingerprint density at radius 3 is 2.14 bits per heavy atom. The Labute approximate surface area is 257 Å². The Balaban J connectivity index is 1.18. The summed E-state index contributed by atoms with van der Waals surface area (Å²) in [5.41, 5.74) is 2.66. The minimum Gasteiger partial charge on any atom is -0.460 e. The first-order chi connectivity index (χ1) is 21.3. The highest BCUT2D eigenvalue weighted by Gasteiger charge is 2.38. The summed E-state index contributed by atoms with van der Waals surface area (Å²) in [6.45, 7) is 0.996. The zero-order valence-electron chi connectivity index (χ0n) is 25.3. The van der Waals surface area contributed by atoms with Gasteiger partial charge < -0.3 is 9.47 Å². The van der Waals surface area contributed by atoms with Crippen molar-refractivity contribution in [2.45, 2.75) is 83.7 Å². The molecule has 44 heavy (non-hydrogen) atoms. The van der Waals surface area contributed by atoms with Gasteiger partial charge >= 0.3 is 6.11 Å². The lowest BCUT2D eigenvalue weighted by Gasteiger charge is -2.35. The fourth-order valence-corrected chi connectivity index (χ4v) is 6.91. The predicted octanol–water partition coefficient (Wildman–Crippen LogP) is 11.6. The van der Waals surface area contributed by atoms with Crippen LogP contribution in [0.3, 0.4) is 0 Å². The largest absolute Gasteiger partial charge is 0.460 e. The monoisotopic (exact) mass is 612 g/mol. The maximum Gasteiger partial charge on any atom is 0.429 e. The maximum absolute atomic E-state index is 14.9. The van der Waals surface area contributed by atoms with Crippen molar-refractivity contribution in [3.8, 4) is 22.6 Å². The van der Waals surface area contributed by atoms with Crippen molar-refractivity contribution in [1.29, 1.82) is 0 Å². The molecule has 1 unspecified atom stereocenters. The molecule has 0 amide bonds. The molecule has 0 heterocycles. The maximum atomic E-state index is 14.9. The molecule has 1 saturated carbocycles. The van der Waals surface area contributed by atoms with Crippen LogP contribution in [-0.4, -0.2) is 6.86 Å². The van der Waals surface area contributed by atoms with Gasteiger partial charge in [-0.3, -0.25) is 0 Å². The summed E-state index contributed by atoms with van der Waals surface area (Å²) in [5.74, 6) is -0.672. The number of ether oxygens (including phenoxy) is 2. The van der Waals surface area contributed by atoms with E-state index in [9.17, 15) is 22.0 Å². The number of benzene rings is 3. The van der Waals surface area contributed by atoms with Gasteiger partial charge in [0.05, 0.1) is 5.56 Å². The lowest BCUT2D eigenvalue weighted by Crippen LogP contribution is -2.23. The molecule has 0 bridgehead atoms. The Kier molecular flexibility index (Phi) is 10.7. The normalized spacial score (nSPS) is 20.7. The molecule has 5 rings (SSSR count). The van der Waals surface area contributed by atoms with Crippen LogP contribution in [-0.2, 0) is 6.11 Å². The van der Waals surface area contributed by atoms with E-state index >= 15 is 0 Å². The minimum absolute atomic E-state index is 0.445. The molecule has 2 nitrogen and oxygen atoms in total. The Morgan fingerprint density at radius 2 is 1.50 bits per heavy atom. The van der Waals surface area contributed by atoms with Gasteiger partial charge in [-0.25, -0.2) is 13.2 Å². The first-order valence-electron chi connectivity index (χ1n) is 15.9. The lowest BCUT2D eigenvalue weighted by molar-refractivity contribution is -0.187.